The lowest BCUT2D eigenvalue weighted by molar-refractivity contribution is -0.115. The molecule has 1 heterocycles. The lowest BCUT2D eigenvalue weighted by Gasteiger charge is -2.13. The smallest absolute Gasteiger partial charge is 0.237 e. The van der Waals surface area contributed by atoms with E-state index in [-0.39, 0.29) is 16.6 Å². The van der Waals surface area contributed by atoms with Crippen molar-refractivity contribution in [3.8, 4) is 0 Å². The van der Waals surface area contributed by atoms with Crippen molar-refractivity contribution in [2.24, 2.45) is 0 Å². The van der Waals surface area contributed by atoms with E-state index in [1.54, 1.807) is 13.3 Å². The summed E-state index contributed by atoms with van der Waals surface area (Å²) in [6.07, 6.45) is 4.98. The van der Waals surface area contributed by atoms with Crippen LogP contribution in [0.15, 0.2) is 29.7 Å². The quantitative estimate of drug-likeness (QED) is 0.553. The van der Waals surface area contributed by atoms with Gasteiger partial charge in [0, 0.05) is 11.6 Å². The molecule has 1 aromatic carbocycles. The van der Waals surface area contributed by atoms with E-state index in [1.165, 1.54) is 30.0 Å². The maximum atomic E-state index is 13.8. The van der Waals surface area contributed by atoms with Gasteiger partial charge in [0.15, 0.2) is 5.16 Å². The number of hydrogen-bond acceptors (Lipinski definition) is 4. The number of rotatable bonds is 8. The van der Waals surface area contributed by atoms with Gasteiger partial charge in [-0.2, -0.15) is 0 Å². The van der Waals surface area contributed by atoms with Gasteiger partial charge in [0.1, 0.15) is 12.1 Å². The van der Waals surface area contributed by atoms with Gasteiger partial charge in [-0.1, -0.05) is 43.1 Å². The van der Waals surface area contributed by atoms with Crippen LogP contribution in [0.2, 0.25) is 5.02 Å². The summed E-state index contributed by atoms with van der Waals surface area (Å²) in [5.41, 5.74) is 0.112. The van der Waals surface area contributed by atoms with Gasteiger partial charge >= 0.3 is 0 Å². The van der Waals surface area contributed by atoms with Crippen LogP contribution in [0, 0.1) is 5.82 Å². The summed E-state index contributed by atoms with van der Waals surface area (Å²) in [5.74, 6) is -0.861. The second-order valence-corrected chi connectivity index (χ2v) is 7.13. The largest absolute Gasteiger partial charge is 0.323 e. The second-order valence-electron chi connectivity index (χ2n) is 5.39. The van der Waals surface area contributed by atoms with Crippen LogP contribution in [0.4, 0.5) is 10.1 Å². The molecule has 8 heteroatoms. The molecule has 130 valence electrons. The Hall–Kier alpha value is -1.60. The number of thioether (sulfide) groups is 1. The zero-order chi connectivity index (χ0) is 17.5. The Balaban J connectivity index is 1.95. The Labute approximate surface area is 150 Å². The molecule has 1 N–H and O–H groups in total. The number of carbonyl (C=O) groups is 1. The van der Waals surface area contributed by atoms with Gasteiger partial charge in [0.25, 0.3) is 0 Å². The zero-order valence-corrected chi connectivity index (χ0v) is 15.2. The number of anilines is 1. The molecular formula is C16H20ClFN4OS. The van der Waals surface area contributed by atoms with E-state index >= 15 is 0 Å². The van der Waals surface area contributed by atoms with E-state index in [4.69, 9.17) is 11.6 Å². The van der Waals surface area contributed by atoms with Crippen LogP contribution in [0.25, 0.3) is 0 Å². The minimum absolute atomic E-state index is 0.112. The number of aromatic nitrogens is 3. The summed E-state index contributed by atoms with van der Waals surface area (Å²) in [6, 6.07) is 4.14. The first-order valence-corrected chi connectivity index (χ1v) is 9.07. The number of carbonyl (C=O) groups excluding carboxylic acids is 1. The van der Waals surface area contributed by atoms with Gasteiger partial charge in [-0.25, -0.2) is 4.39 Å². The molecule has 5 nitrogen and oxygen atoms in total. The predicted molar refractivity (Wildman–Crippen MR) is 94.9 cm³/mol. The molecule has 24 heavy (non-hydrogen) atoms. The van der Waals surface area contributed by atoms with Gasteiger partial charge in [-0.3, -0.25) is 4.79 Å². The van der Waals surface area contributed by atoms with E-state index in [9.17, 15) is 9.18 Å². The average molecular weight is 371 g/mol. The van der Waals surface area contributed by atoms with Crippen molar-refractivity contribution in [2.75, 3.05) is 5.32 Å². The molecule has 0 saturated carbocycles. The normalized spacial score (nSPS) is 12.2. The average Bonchev–Trinajstić information content (AvgIpc) is 2.97. The monoisotopic (exact) mass is 370 g/mol. The number of benzene rings is 1. The van der Waals surface area contributed by atoms with Crippen LogP contribution in [0.1, 0.15) is 33.1 Å². The van der Waals surface area contributed by atoms with Gasteiger partial charge in [-0.05, 0) is 31.5 Å². The third kappa shape index (κ3) is 5.21. The lowest BCUT2D eigenvalue weighted by atomic mass is 10.2. The van der Waals surface area contributed by atoms with Gasteiger partial charge in [0.2, 0.25) is 5.91 Å². The van der Waals surface area contributed by atoms with Gasteiger partial charge < -0.3 is 9.88 Å². The molecule has 1 aromatic heterocycles. The predicted octanol–water partition coefficient (Wildman–Crippen LogP) is 4.38. The minimum atomic E-state index is -0.559. The highest BCUT2D eigenvalue weighted by molar-refractivity contribution is 8.00. The number of halogens is 2. The number of amides is 1. The SMILES string of the molecule is CCCCCn1cnnc1S[C@@H](C)C(=O)Nc1ccc(Cl)cc1F. The van der Waals surface area contributed by atoms with Crippen molar-refractivity contribution in [3.63, 3.8) is 0 Å². The molecule has 2 rings (SSSR count). The third-order valence-corrected chi connectivity index (χ3v) is 4.75. The van der Waals surface area contributed by atoms with Crippen LogP contribution in [0.5, 0.6) is 0 Å². The topological polar surface area (TPSA) is 59.8 Å². The molecule has 0 aliphatic rings. The highest BCUT2D eigenvalue weighted by Crippen LogP contribution is 2.24. The fourth-order valence-electron chi connectivity index (χ4n) is 2.06. The molecule has 1 amide bonds. The Morgan fingerprint density at radius 2 is 2.25 bits per heavy atom. The van der Waals surface area contributed by atoms with E-state index in [0.29, 0.717) is 5.16 Å². The molecule has 0 bridgehead atoms. The summed E-state index contributed by atoms with van der Waals surface area (Å²) in [5, 5.41) is 11.1. The van der Waals surface area contributed by atoms with Crippen molar-refractivity contribution in [3.05, 3.63) is 35.4 Å². The number of hydrogen-bond donors (Lipinski definition) is 1. The fourth-order valence-corrected chi connectivity index (χ4v) is 3.07. The summed E-state index contributed by atoms with van der Waals surface area (Å²) < 4.78 is 15.7. The Morgan fingerprint density at radius 1 is 1.46 bits per heavy atom. The fraction of sp³-hybridized carbons (Fsp3) is 0.438. The van der Waals surface area contributed by atoms with Crippen molar-refractivity contribution < 1.29 is 9.18 Å². The third-order valence-electron chi connectivity index (χ3n) is 3.42. The van der Waals surface area contributed by atoms with E-state index < -0.39 is 11.1 Å². The highest BCUT2D eigenvalue weighted by Gasteiger charge is 2.19. The summed E-state index contributed by atoms with van der Waals surface area (Å²) in [4.78, 5) is 12.3. The summed E-state index contributed by atoms with van der Waals surface area (Å²) in [6.45, 7) is 4.71. The number of aryl methyl sites for hydroxylation is 1. The van der Waals surface area contributed by atoms with Gasteiger partial charge in [-0.15, -0.1) is 10.2 Å². The maximum absolute atomic E-state index is 13.8. The van der Waals surface area contributed by atoms with Crippen LogP contribution in [-0.2, 0) is 11.3 Å². The van der Waals surface area contributed by atoms with E-state index in [0.717, 1.165) is 25.8 Å². The molecule has 0 unspecified atom stereocenters. The highest BCUT2D eigenvalue weighted by atomic mass is 35.5. The van der Waals surface area contributed by atoms with Crippen molar-refractivity contribution >= 4 is 35.0 Å². The Kier molecular flexibility index (Phi) is 7.05. The standard InChI is InChI=1S/C16H20ClFN4OS/c1-3-4-5-8-22-10-19-21-16(22)24-11(2)15(23)20-14-7-6-12(17)9-13(14)18/h6-7,9-11H,3-5,8H2,1-2H3,(H,20,23)/t11-/m0/s1. The van der Waals surface area contributed by atoms with Crippen LogP contribution in [0.3, 0.4) is 0 Å². The number of nitrogens with zero attached hydrogens (tertiary/aromatic N) is 3. The van der Waals surface area contributed by atoms with Crippen LogP contribution in [-0.4, -0.2) is 25.9 Å². The van der Waals surface area contributed by atoms with Crippen LogP contribution < -0.4 is 5.32 Å². The number of unbranched alkanes of at least 4 members (excludes halogenated alkanes) is 2. The molecule has 0 aliphatic heterocycles. The van der Waals surface area contributed by atoms with E-state index in [2.05, 4.69) is 22.4 Å². The Bertz CT molecular complexity index is 694. The first kappa shape index (κ1) is 18.7. The molecule has 1 atom stereocenters. The number of nitrogens with one attached hydrogen (secondary N) is 1. The lowest BCUT2D eigenvalue weighted by Crippen LogP contribution is -2.23. The van der Waals surface area contributed by atoms with Crippen molar-refractivity contribution in [2.45, 2.75) is 50.1 Å². The first-order valence-electron chi connectivity index (χ1n) is 7.81. The molecule has 0 aliphatic carbocycles. The minimum Gasteiger partial charge on any atom is -0.323 e. The summed E-state index contributed by atoms with van der Waals surface area (Å²) >= 11 is 7.01. The first-order chi connectivity index (χ1) is 11.5. The second kappa shape index (κ2) is 9.03. The summed E-state index contributed by atoms with van der Waals surface area (Å²) in [7, 11) is 0. The molecule has 0 fully saturated rings. The van der Waals surface area contributed by atoms with Crippen molar-refractivity contribution in [1.29, 1.82) is 0 Å². The Morgan fingerprint density at radius 3 is 2.96 bits per heavy atom. The van der Waals surface area contributed by atoms with E-state index in [1.807, 2.05) is 4.57 Å². The van der Waals surface area contributed by atoms with Crippen molar-refractivity contribution in [1.82, 2.24) is 14.8 Å². The molecule has 0 radical (unpaired) electrons. The van der Waals surface area contributed by atoms with Crippen LogP contribution >= 0.6 is 23.4 Å². The molecule has 0 spiro atoms. The zero-order valence-electron chi connectivity index (χ0n) is 13.6. The maximum Gasteiger partial charge on any atom is 0.237 e. The molecular weight excluding hydrogens is 351 g/mol. The molecule has 2 aromatic rings. The van der Waals surface area contributed by atoms with Gasteiger partial charge in [0.05, 0.1) is 10.9 Å². The molecule has 0 saturated heterocycles.